The number of anilines is 1. The van der Waals surface area contributed by atoms with Gasteiger partial charge in [-0.3, -0.25) is 5.43 Å². The fourth-order valence-corrected chi connectivity index (χ4v) is 3.48. The van der Waals surface area contributed by atoms with Gasteiger partial charge in [0, 0.05) is 10.9 Å². The van der Waals surface area contributed by atoms with Gasteiger partial charge < -0.3 is 5.11 Å². The van der Waals surface area contributed by atoms with Crippen molar-refractivity contribution in [2.75, 3.05) is 5.43 Å². The number of aromatic nitrogens is 2. The number of thiophene rings is 1. The third-order valence-corrected chi connectivity index (χ3v) is 4.60. The van der Waals surface area contributed by atoms with Gasteiger partial charge in [-0.05, 0) is 23.3 Å². The lowest BCUT2D eigenvalue weighted by atomic mass is 10.1. The molecule has 2 aromatic carbocycles. The summed E-state index contributed by atoms with van der Waals surface area (Å²) in [6.07, 6.45) is 3.17. The molecule has 0 bridgehead atoms. The van der Waals surface area contributed by atoms with Crippen molar-refractivity contribution in [3.8, 4) is 16.9 Å². The first kappa shape index (κ1) is 15.3. The van der Waals surface area contributed by atoms with Crippen LogP contribution in [0.25, 0.3) is 21.3 Å². The van der Waals surface area contributed by atoms with E-state index in [1.54, 1.807) is 35.8 Å². The lowest BCUT2D eigenvalue weighted by Crippen LogP contribution is -1.95. The highest BCUT2D eigenvalue weighted by molar-refractivity contribution is 7.17. The van der Waals surface area contributed by atoms with Gasteiger partial charge in [0.1, 0.15) is 16.9 Å². The number of phenolic OH excluding ortho intramolecular Hbond substituents is 1. The van der Waals surface area contributed by atoms with Crippen molar-refractivity contribution in [3.05, 3.63) is 71.9 Å². The molecule has 2 heterocycles. The Morgan fingerprint density at radius 1 is 1.04 bits per heavy atom. The van der Waals surface area contributed by atoms with Crippen LogP contribution in [0, 0.1) is 0 Å². The quantitative estimate of drug-likeness (QED) is 0.421. The molecule has 0 aliphatic rings. The van der Waals surface area contributed by atoms with E-state index < -0.39 is 0 Å². The number of fused-ring (bicyclic) bond motifs is 1. The van der Waals surface area contributed by atoms with E-state index in [0.29, 0.717) is 5.82 Å². The molecule has 0 radical (unpaired) electrons. The van der Waals surface area contributed by atoms with E-state index in [1.807, 2.05) is 24.3 Å². The number of aromatic hydroxyl groups is 1. The highest BCUT2D eigenvalue weighted by atomic mass is 32.1. The number of nitrogens with zero attached hydrogens (tertiary/aromatic N) is 3. The van der Waals surface area contributed by atoms with E-state index in [0.717, 1.165) is 26.9 Å². The van der Waals surface area contributed by atoms with Crippen molar-refractivity contribution >= 4 is 33.6 Å². The number of phenols is 1. The fraction of sp³-hybridized carbons (Fsp3) is 0. The first-order valence-corrected chi connectivity index (χ1v) is 8.55. The van der Waals surface area contributed by atoms with Crippen molar-refractivity contribution in [1.82, 2.24) is 9.97 Å². The molecule has 0 saturated heterocycles. The van der Waals surface area contributed by atoms with Crippen LogP contribution in [-0.2, 0) is 0 Å². The van der Waals surface area contributed by atoms with Gasteiger partial charge in [-0.15, -0.1) is 11.3 Å². The van der Waals surface area contributed by atoms with Crippen molar-refractivity contribution in [2.24, 2.45) is 5.10 Å². The predicted octanol–water partition coefficient (Wildman–Crippen LogP) is 4.51. The molecule has 0 spiro atoms. The normalized spacial score (nSPS) is 11.2. The summed E-state index contributed by atoms with van der Waals surface area (Å²) in [6.45, 7) is 0. The largest absolute Gasteiger partial charge is 0.508 e. The Hall–Kier alpha value is -3.25. The summed E-state index contributed by atoms with van der Waals surface area (Å²) in [4.78, 5) is 9.59. The lowest BCUT2D eigenvalue weighted by Gasteiger charge is -2.04. The second-order valence-corrected chi connectivity index (χ2v) is 6.24. The second kappa shape index (κ2) is 6.70. The minimum Gasteiger partial charge on any atom is -0.508 e. The number of hydrogen-bond donors (Lipinski definition) is 2. The molecule has 0 fully saturated rings. The van der Waals surface area contributed by atoms with Gasteiger partial charge in [0.15, 0.2) is 5.82 Å². The topological polar surface area (TPSA) is 70.4 Å². The highest BCUT2D eigenvalue weighted by Crippen LogP contribution is 2.36. The fourth-order valence-electron chi connectivity index (χ4n) is 2.56. The van der Waals surface area contributed by atoms with Crippen LogP contribution in [0.3, 0.4) is 0 Å². The van der Waals surface area contributed by atoms with Crippen LogP contribution in [0.15, 0.2) is 71.4 Å². The zero-order valence-electron chi connectivity index (χ0n) is 13.1. The van der Waals surface area contributed by atoms with Gasteiger partial charge in [-0.1, -0.05) is 42.5 Å². The van der Waals surface area contributed by atoms with Gasteiger partial charge in [0.25, 0.3) is 0 Å². The van der Waals surface area contributed by atoms with Crippen LogP contribution >= 0.6 is 11.3 Å². The van der Waals surface area contributed by atoms with Crippen LogP contribution in [0.5, 0.6) is 5.75 Å². The molecule has 122 valence electrons. The minimum atomic E-state index is 0.206. The van der Waals surface area contributed by atoms with E-state index >= 15 is 0 Å². The molecule has 0 saturated carbocycles. The number of hydrogen-bond acceptors (Lipinski definition) is 6. The number of nitrogens with one attached hydrogen (secondary N) is 1. The molecular weight excluding hydrogens is 332 g/mol. The van der Waals surface area contributed by atoms with Gasteiger partial charge in [0.05, 0.1) is 11.6 Å². The smallest absolute Gasteiger partial charge is 0.159 e. The van der Waals surface area contributed by atoms with E-state index in [4.69, 9.17) is 0 Å². The van der Waals surface area contributed by atoms with Gasteiger partial charge in [0.2, 0.25) is 0 Å². The number of benzene rings is 2. The van der Waals surface area contributed by atoms with Crippen molar-refractivity contribution in [2.45, 2.75) is 0 Å². The van der Waals surface area contributed by atoms with Crippen molar-refractivity contribution in [3.63, 3.8) is 0 Å². The Bertz CT molecular complexity index is 1040. The number of hydrazone groups is 1. The summed E-state index contributed by atoms with van der Waals surface area (Å²) in [5.41, 5.74) is 5.99. The Morgan fingerprint density at radius 3 is 2.76 bits per heavy atom. The molecule has 0 aliphatic carbocycles. The molecule has 0 aliphatic heterocycles. The lowest BCUT2D eigenvalue weighted by molar-refractivity contribution is 0.475. The van der Waals surface area contributed by atoms with Crippen molar-refractivity contribution in [1.29, 1.82) is 0 Å². The third-order valence-electron chi connectivity index (χ3n) is 3.71. The van der Waals surface area contributed by atoms with Gasteiger partial charge in [-0.2, -0.15) is 5.10 Å². The average molecular weight is 346 g/mol. The summed E-state index contributed by atoms with van der Waals surface area (Å²) in [5.74, 6) is 0.860. The zero-order chi connectivity index (χ0) is 17.1. The molecular formula is C19H14N4OS. The van der Waals surface area contributed by atoms with Crippen LogP contribution in [0.2, 0.25) is 0 Å². The van der Waals surface area contributed by atoms with E-state index in [9.17, 15) is 5.11 Å². The van der Waals surface area contributed by atoms with Crippen LogP contribution in [0.4, 0.5) is 5.82 Å². The Morgan fingerprint density at radius 2 is 1.92 bits per heavy atom. The van der Waals surface area contributed by atoms with Crippen LogP contribution in [0.1, 0.15) is 5.56 Å². The van der Waals surface area contributed by atoms with E-state index in [-0.39, 0.29) is 5.75 Å². The Kier molecular flexibility index (Phi) is 4.10. The molecule has 2 aromatic heterocycles. The maximum atomic E-state index is 9.50. The van der Waals surface area contributed by atoms with E-state index in [1.165, 1.54) is 6.33 Å². The highest BCUT2D eigenvalue weighted by Gasteiger charge is 2.12. The van der Waals surface area contributed by atoms with E-state index in [2.05, 4.69) is 38.0 Å². The molecule has 2 N–H and O–H groups in total. The second-order valence-electron chi connectivity index (χ2n) is 5.38. The summed E-state index contributed by atoms with van der Waals surface area (Å²) < 4.78 is 0. The predicted molar refractivity (Wildman–Crippen MR) is 102 cm³/mol. The first-order valence-electron chi connectivity index (χ1n) is 7.67. The molecule has 0 unspecified atom stereocenters. The van der Waals surface area contributed by atoms with Gasteiger partial charge >= 0.3 is 0 Å². The summed E-state index contributed by atoms with van der Waals surface area (Å²) >= 11 is 1.58. The Balaban J connectivity index is 1.69. The standard InChI is InChI=1S/C19H14N4OS/c24-15-8-4-5-13(9-15)10-22-23-18-17-16(14-6-2-1-3-7-14)11-25-19(17)21-12-20-18/h1-12,24H,(H,20,21,23). The SMILES string of the molecule is Oc1cccc(C=NNc2ncnc3scc(-c4ccccc4)c23)c1. The molecule has 4 rings (SSSR count). The van der Waals surface area contributed by atoms with Crippen LogP contribution in [-0.4, -0.2) is 21.3 Å². The average Bonchev–Trinajstić information content (AvgIpc) is 3.08. The molecule has 6 heteroatoms. The Labute approximate surface area is 148 Å². The maximum Gasteiger partial charge on any atom is 0.159 e. The monoisotopic (exact) mass is 346 g/mol. The number of rotatable bonds is 4. The van der Waals surface area contributed by atoms with Gasteiger partial charge in [-0.25, -0.2) is 9.97 Å². The minimum absolute atomic E-state index is 0.206. The summed E-state index contributed by atoms with van der Waals surface area (Å²) in [5, 5.41) is 16.8. The molecule has 0 atom stereocenters. The summed E-state index contributed by atoms with van der Waals surface area (Å²) in [6, 6.07) is 17.0. The first-order chi connectivity index (χ1) is 12.3. The third kappa shape index (κ3) is 3.20. The molecule has 4 aromatic rings. The molecule has 25 heavy (non-hydrogen) atoms. The van der Waals surface area contributed by atoms with Crippen molar-refractivity contribution < 1.29 is 5.11 Å². The van der Waals surface area contributed by atoms with Crippen LogP contribution < -0.4 is 5.43 Å². The maximum absolute atomic E-state index is 9.50. The molecule has 0 amide bonds. The molecule has 5 nitrogen and oxygen atoms in total. The summed E-state index contributed by atoms with van der Waals surface area (Å²) in [7, 11) is 0. The zero-order valence-corrected chi connectivity index (χ0v) is 13.9.